The summed E-state index contributed by atoms with van der Waals surface area (Å²) >= 11 is 0. The SMILES string of the molecule is FC(F)(F)c1ccc(C2CN(C3CC3)Cc3ccccc3O2)cc1. The molecule has 1 fully saturated rings. The summed E-state index contributed by atoms with van der Waals surface area (Å²) in [7, 11) is 0. The van der Waals surface area contributed by atoms with Crippen LogP contribution in [-0.2, 0) is 12.7 Å². The largest absolute Gasteiger partial charge is 0.484 e. The topological polar surface area (TPSA) is 12.5 Å². The van der Waals surface area contributed by atoms with Crippen molar-refractivity contribution in [2.45, 2.75) is 37.7 Å². The summed E-state index contributed by atoms with van der Waals surface area (Å²) in [6, 6.07) is 13.8. The molecule has 0 saturated heterocycles. The van der Waals surface area contributed by atoms with Gasteiger partial charge >= 0.3 is 6.18 Å². The fourth-order valence-corrected chi connectivity index (χ4v) is 3.21. The second-order valence-corrected chi connectivity index (χ2v) is 6.49. The molecule has 0 radical (unpaired) electrons. The lowest BCUT2D eigenvalue weighted by molar-refractivity contribution is -0.137. The molecule has 1 saturated carbocycles. The predicted octanol–water partition coefficient (Wildman–Crippen LogP) is 4.80. The van der Waals surface area contributed by atoms with Crippen molar-refractivity contribution in [1.29, 1.82) is 0 Å². The van der Waals surface area contributed by atoms with Crippen molar-refractivity contribution >= 4 is 0 Å². The minimum Gasteiger partial charge on any atom is -0.484 e. The van der Waals surface area contributed by atoms with Crippen molar-refractivity contribution < 1.29 is 17.9 Å². The van der Waals surface area contributed by atoms with Crippen molar-refractivity contribution in [2.24, 2.45) is 0 Å². The minimum atomic E-state index is -4.31. The Morgan fingerprint density at radius 2 is 1.67 bits per heavy atom. The van der Waals surface area contributed by atoms with Crippen LogP contribution in [0.15, 0.2) is 48.5 Å². The van der Waals surface area contributed by atoms with Gasteiger partial charge in [0, 0.05) is 24.7 Å². The number of nitrogens with zero attached hydrogens (tertiary/aromatic N) is 1. The van der Waals surface area contributed by atoms with Gasteiger partial charge in [0.15, 0.2) is 0 Å². The fraction of sp³-hybridized carbons (Fsp3) is 0.368. The number of benzene rings is 2. The van der Waals surface area contributed by atoms with E-state index in [0.717, 1.165) is 35.6 Å². The van der Waals surface area contributed by atoms with E-state index in [9.17, 15) is 13.2 Å². The molecule has 0 N–H and O–H groups in total. The first kappa shape index (κ1) is 15.5. The Morgan fingerprint density at radius 1 is 0.958 bits per heavy atom. The molecule has 2 aliphatic rings. The molecule has 2 nitrogen and oxygen atoms in total. The summed E-state index contributed by atoms with van der Waals surface area (Å²) in [6.45, 7) is 1.53. The Labute approximate surface area is 138 Å². The van der Waals surface area contributed by atoms with Gasteiger partial charge in [-0.05, 0) is 36.6 Å². The normalized spacial score (nSPS) is 21.7. The van der Waals surface area contributed by atoms with Gasteiger partial charge in [-0.15, -0.1) is 0 Å². The molecule has 1 atom stereocenters. The molecule has 1 heterocycles. The molecule has 1 unspecified atom stereocenters. The summed E-state index contributed by atoms with van der Waals surface area (Å²) in [5, 5.41) is 0. The van der Waals surface area contributed by atoms with Crippen molar-refractivity contribution in [1.82, 2.24) is 4.90 Å². The van der Waals surface area contributed by atoms with Gasteiger partial charge in [-0.25, -0.2) is 0 Å². The number of alkyl halides is 3. The number of ether oxygens (including phenoxy) is 1. The number of fused-ring (bicyclic) bond motifs is 1. The highest BCUT2D eigenvalue weighted by atomic mass is 19.4. The molecule has 126 valence electrons. The summed E-state index contributed by atoms with van der Waals surface area (Å²) in [4.78, 5) is 2.38. The Balaban J connectivity index is 1.64. The van der Waals surface area contributed by atoms with Gasteiger partial charge in [0.05, 0.1) is 5.56 Å². The lowest BCUT2D eigenvalue weighted by Gasteiger charge is -2.24. The van der Waals surface area contributed by atoms with E-state index in [1.165, 1.54) is 25.0 Å². The molecule has 1 aliphatic heterocycles. The van der Waals surface area contributed by atoms with Gasteiger partial charge in [0.2, 0.25) is 0 Å². The van der Waals surface area contributed by atoms with Crippen LogP contribution in [0.5, 0.6) is 5.75 Å². The fourth-order valence-electron chi connectivity index (χ4n) is 3.21. The van der Waals surface area contributed by atoms with Crippen LogP contribution in [0.4, 0.5) is 13.2 Å². The zero-order valence-corrected chi connectivity index (χ0v) is 13.1. The molecule has 5 heteroatoms. The zero-order valence-electron chi connectivity index (χ0n) is 13.1. The minimum absolute atomic E-state index is 0.253. The number of rotatable bonds is 2. The highest BCUT2D eigenvalue weighted by Gasteiger charge is 2.35. The van der Waals surface area contributed by atoms with E-state index in [1.54, 1.807) is 0 Å². The van der Waals surface area contributed by atoms with E-state index in [-0.39, 0.29) is 6.10 Å². The first-order valence-electron chi connectivity index (χ1n) is 8.16. The van der Waals surface area contributed by atoms with Gasteiger partial charge in [-0.3, -0.25) is 4.90 Å². The highest BCUT2D eigenvalue weighted by molar-refractivity contribution is 5.36. The second-order valence-electron chi connectivity index (χ2n) is 6.49. The molecule has 0 amide bonds. The summed E-state index contributed by atoms with van der Waals surface area (Å²) < 4.78 is 44.4. The number of para-hydroxylation sites is 1. The van der Waals surface area contributed by atoms with Crippen LogP contribution in [0, 0.1) is 0 Å². The van der Waals surface area contributed by atoms with Gasteiger partial charge in [-0.1, -0.05) is 30.3 Å². The van der Waals surface area contributed by atoms with Gasteiger partial charge in [0.25, 0.3) is 0 Å². The molecular weight excluding hydrogens is 315 g/mol. The van der Waals surface area contributed by atoms with Crippen LogP contribution in [0.2, 0.25) is 0 Å². The van der Waals surface area contributed by atoms with Crippen molar-refractivity contribution in [3.05, 3.63) is 65.2 Å². The van der Waals surface area contributed by atoms with E-state index < -0.39 is 11.7 Å². The molecule has 24 heavy (non-hydrogen) atoms. The quantitative estimate of drug-likeness (QED) is 0.782. The smallest absolute Gasteiger partial charge is 0.416 e. The average molecular weight is 333 g/mol. The maximum atomic E-state index is 12.8. The van der Waals surface area contributed by atoms with Gasteiger partial charge in [-0.2, -0.15) is 13.2 Å². The third-order valence-corrected chi connectivity index (χ3v) is 4.69. The van der Waals surface area contributed by atoms with E-state index >= 15 is 0 Å². The Bertz CT molecular complexity index is 722. The van der Waals surface area contributed by atoms with Gasteiger partial charge in [0.1, 0.15) is 11.9 Å². The molecule has 0 aromatic heterocycles. The third-order valence-electron chi connectivity index (χ3n) is 4.69. The zero-order chi connectivity index (χ0) is 16.7. The van der Waals surface area contributed by atoms with Crippen LogP contribution in [0.3, 0.4) is 0 Å². The van der Waals surface area contributed by atoms with E-state index in [4.69, 9.17) is 4.74 Å². The summed E-state index contributed by atoms with van der Waals surface area (Å²) in [5.41, 5.74) is 1.29. The number of hydrogen-bond donors (Lipinski definition) is 0. The molecule has 2 aromatic carbocycles. The average Bonchev–Trinajstić information content (AvgIpc) is 3.39. The van der Waals surface area contributed by atoms with E-state index in [0.29, 0.717) is 12.6 Å². The van der Waals surface area contributed by atoms with E-state index in [1.807, 2.05) is 18.2 Å². The predicted molar refractivity (Wildman–Crippen MR) is 84.7 cm³/mol. The Kier molecular flexibility index (Phi) is 3.76. The monoisotopic (exact) mass is 333 g/mol. The Hall–Kier alpha value is -2.01. The Morgan fingerprint density at radius 3 is 2.33 bits per heavy atom. The highest BCUT2D eigenvalue weighted by Crippen LogP contribution is 2.37. The van der Waals surface area contributed by atoms with E-state index in [2.05, 4.69) is 11.0 Å². The van der Waals surface area contributed by atoms with Crippen LogP contribution < -0.4 is 4.74 Å². The third kappa shape index (κ3) is 3.13. The molecule has 0 spiro atoms. The van der Waals surface area contributed by atoms with Crippen LogP contribution in [0.1, 0.15) is 35.6 Å². The molecular formula is C19H18F3NO. The second kappa shape index (κ2) is 5.81. The first-order chi connectivity index (χ1) is 11.5. The molecule has 2 aromatic rings. The van der Waals surface area contributed by atoms with Gasteiger partial charge < -0.3 is 4.74 Å². The molecule has 0 bridgehead atoms. The standard InChI is InChI=1S/C19H18F3NO/c20-19(21,22)15-7-5-13(6-8-15)18-12-23(16-9-10-16)11-14-3-1-2-4-17(14)24-18/h1-8,16,18H,9-12H2. The first-order valence-corrected chi connectivity index (χ1v) is 8.16. The van der Waals surface area contributed by atoms with Crippen molar-refractivity contribution in [3.63, 3.8) is 0 Å². The maximum Gasteiger partial charge on any atom is 0.416 e. The summed E-state index contributed by atoms with van der Waals surface area (Å²) in [5.74, 6) is 0.825. The number of halogens is 3. The molecule has 1 aliphatic carbocycles. The molecule has 4 rings (SSSR count). The maximum absolute atomic E-state index is 12.8. The van der Waals surface area contributed by atoms with Crippen molar-refractivity contribution in [3.8, 4) is 5.75 Å². The van der Waals surface area contributed by atoms with Crippen LogP contribution >= 0.6 is 0 Å². The van der Waals surface area contributed by atoms with Crippen molar-refractivity contribution in [2.75, 3.05) is 6.54 Å². The lowest BCUT2D eigenvalue weighted by atomic mass is 10.1. The van der Waals surface area contributed by atoms with Crippen LogP contribution in [0.25, 0.3) is 0 Å². The summed E-state index contributed by atoms with van der Waals surface area (Å²) in [6.07, 6.45) is -2.20. The van der Waals surface area contributed by atoms with Crippen LogP contribution in [-0.4, -0.2) is 17.5 Å². The number of hydrogen-bond acceptors (Lipinski definition) is 2. The lowest BCUT2D eigenvalue weighted by Crippen LogP contribution is -2.30.